The normalized spacial score (nSPS) is 11.9. The molecule has 0 aromatic heterocycles. The molecular formula is C16H17NO3S. The van der Waals surface area contributed by atoms with Crippen molar-refractivity contribution in [3.63, 3.8) is 0 Å². The number of carboxylic acid groups (broad SMARTS) is 1. The number of anilines is 1. The van der Waals surface area contributed by atoms with Gasteiger partial charge in [-0.1, -0.05) is 24.3 Å². The number of hydrogen-bond acceptors (Lipinski definition) is 4. The lowest BCUT2D eigenvalue weighted by atomic mass is 10.1. The first-order chi connectivity index (χ1) is 10.1. The third kappa shape index (κ3) is 4.16. The number of aliphatic carboxylic acids is 1. The Morgan fingerprint density at radius 3 is 2.48 bits per heavy atom. The van der Waals surface area contributed by atoms with Crippen molar-refractivity contribution in [2.24, 2.45) is 0 Å². The van der Waals surface area contributed by atoms with Crippen LogP contribution in [0.15, 0.2) is 53.4 Å². The van der Waals surface area contributed by atoms with Gasteiger partial charge in [-0.15, -0.1) is 11.8 Å². The summed E-state index contributed by atoms with van der Waals surface area (Å²) in [5, 5.41) is 8.82. The molecule has 1 unspecified atom stereocenters. The number of carboxylic acids is 1. The van der Waals surface area contributed by atoms with E-state index < -0.39 is 11.2 Å². The fraction of sp³-hybridized carbons (Fsp3) is 0.188. The Morgan fingerprint density at radius 2 is 1.90 bits per heavy atom. The number of ether oxygens (including phenoxy) is 1. The van der Waals surface area contributed by atoms with E-state index in [1.165, 1.54) is 11.8 Å². The second kappa shape index (κ2) is 7.04. The van der Waals surface area contributed by atoms with Crippen molar-refractivity contribution in [1.82, 2.24) is 0 Å². The summed E-state index contributed by atoms with van der Waals surface area (Å²) in [6.07, 6.45) is 0.429. The van der Waals surface area contributed by atoms with Gasteiger partial charge in [0.2, 0.25) is 0 Å². The molecule has 0 heterocycles. The van der Waals surface area contributed by atoms with Gasteiger partial charge in [-0.05, 0) is 36.2 Å². The highest BCUT2D eigenvalue weighted by molar-refractivity contribution is 8.00. The summed E-state index contributed by atoms with van der Waals surface area (Å²) in [7, 11) is 1.60. The molecule has 0 amide bonds. The van der Waals surface area contributed by atoms with Crippen LogP contribution in [0.2, 0.25) is 0 Å². The molecule has 5 heteroatoms. The minimum Gasteiger partial charge on any atom is -0.497 e. The number of thioether (sulfide) groups is 1. The monoisotopic (exact) mass is 303 g/mol. The topological polar surface area (TPSA) is 72.5 Å². The predicted molar refractivity (Wildman–Crippen MR) is 84.8 cm³/mol. The van der Waals surface area contributed by atoms with Crippen LogP contribution in [-0.4, -0.2) is 23.4 Å². The van der Waals surface area contributed by atoms with Crippen LogP contribution in [0.1, 0.15) is 5.56 Å². The Labute approximate surface area is 127 Å². The van der Waals surface area contributed by atoms with Crippen molar-refractivity contribution in [3.05, 3.63) is 54.1 Å². The van der Waals surface area contributed by atoms with Gasteiger partial charge in [0, 0.05) is 10.6 Å². The molecule has 0 bridgehead atoms. The number of methoxy groups -OCH3 is 1. The second-order valence-electron chi connectivity index (χ2n) is 4.53. The molecule has 0 spiro atoms. The van der Waals surface area contributed by atoms with Crippen LogP contribution in [0.3, 0.4) is 0 Å². The Morgan fingerprint density at radius 1 is 1.24 bits per heavy atom. The largest absolute Gasteiger partial charge is 0.497 e. The highest BCUT2D eigenvalue weighted by Crippen LogP contribution is 2.30. The first kappa shape index (κ1) is 15.3. The van der Waals surface area contributed by atoms with Crippen LogP contribution in [-0.2, 0) is 11.2 Å². The summed E-state index contributed by atoms with van der Waals surface area (Å²) < 4.78 is 5.09. The number of rotatable bonds is 6. The Kier molecular flexibility index (Phi) is 5.11. The van der Waals surface area contributed by atoms with E-state index in [9.17, 15) is 9.90 Å². The molecule has 21 heavy (non-hydrogen) atoms. The average molecular weight is 303 g/mol. The van der Waals surface area contributed by atoms with E-state index in [1.807, 2.05) is 42.5 Å². The molecule has 0 saturated heterocycles. The van der Waals surface area contributed by atoms with Crippen LogP contribution >= 0.6 is 11.8 Å². The summed E-state index contributed by atoms with van der Waals surface area (Å²) in [4.78, 5) is 12.2. The number of carbonyl (C=O) groups is 1. The van der Waals surface area contributed by atoms with Crippen molar-refractivity contribution in [2.75, 3.05) is 12.8 Å². The molecule has 0 aliphatic carbocycles. The molecule has 1 atom stereocenters. The quantitative estimate of drug-likeness (QED) is 0.634. The molecule has 4 nitrogen and oxygen atoms in total. The van der Waals surface area contributed by atoms with Crippen LogP contribution in [0, 0.1) is 0 Å². The van der Waals surface area contributed by atoms with E-state index in [4.69, 9.17) is 10.5 Å². The van der Waals surface area contributed by atoms with Crippen LogP contribution in [0.5, 0.6) is 5.75 Å². The lowest BCUT2D eigenvalue weighted by molar-refractivity contribution is -0.136. The number of para-hydroxylation sites is 1. The maximum Gasteiger partial charge on any atom is 0.317 e. The fourth-order valence-electron chi connectivity index (χ4n) is 1.90. The summed E-state index contributed by atoms with van der Waals surface area (Å²) in [6.45, 7) is 0. The maximum absolute atomic E-state index is 11.5. The molecule has 2 rings (SSSR count). The van der Waals surface area contributed by atoms with E-state index >= 15 is 0 Å². The van der Waals surface area contributed by atoms with E-state index in [0.717, 1.165) is 16.2 Å². The lowest BCUT2D eigenvalue weighted by Crippen LogP contribution is -2.19. The molecule has 2 aromatic rings. The summed E-state index contributed by atoms with van der Waals surface area (Å²) in [6, 6.07) is 14.7. The zero-order chi connectivity index (χ0) is 15.2. The van der Waals surface area contributed by atoms with E-state index in [1.54, 1.807) is 13.2 Å². The Bertz CT molecular complexity index is 613. The Balaban J connectivity index is 2.12. The average Bonchev–Trinajstić information content (AvgIpc) is 2.49. The van der Waals surface area contributed by atoms with Gasteiger partial charge in [0.1, 0.15) is 11.0 Å². The number of hydrogen-bond donors (Lipinski definition) is 2. The van der Waals surface area contributed by atoms with Gasteiger partial charge in [0.15, 0.2) is 0 Å². The first-order valence-electron chi connectivity index (χ1n) is 6.47. The van der Waals surface area contributed by atoms with Gasteiger partial charge in [0.05, 0.1) is 7.11 Å². The van der Waals surface area contributed by atoms with Crippen molar-refractivity contribution < 1.29 is 14.6 Å². The zero-order valence-corrected chi connectivity index (χ0v) is 12.5. The number of nitrogens with two attached hydrogens (primary N) is 1. The van der Waals surface area contributed by atoms with Crippen LogP contribution in [0.25, 0.3) is 0 Å². The molecule has 0 saturated carbocycles. The third-order valence-electron chi connectivity index (χ3n) is 3.04. The minimum absolute atomic E-state index is 0.429. The first-order valence-corrected chi connectivity index (χ1v) is 7.35. The van der Waals surface area contributed by atoms with E-state index in [2.05, 4.69) is 0 Å². The molecule has 0 radical (unpaired) electrons. The fourth-order valence-corrected chi connectivity index (χ4v) is 2.94. The second-order valence-corrected chi connectivity index (χ2v) is 5.78. The van der Waals surface area contributed by atoms with Gasteiger partial charge >= 0.3 is 5.97 Å². The minimum atomic E-state index is -0.848. The Hall–Kier alpha value is -2.14. The van der Waals surface area contributed by atoms with Crippen LogP contribution < -0.4 is 10.5 Å². The highest BCUT2D eigenvalue weighted by Gasteiger charge is 2.20. The predicted octanol–water partition coefficient (Wildman–Crippen LogP) is 3.07. The van der Waals surface area contributed by atoms with Gasteiger partial charge in [-0.25, -0.2) is 0 Å². The molecule has 0 aliphatic rings. The highest BCUT2D eigenvalue weighted by atomic mass is 32.2. The van der Waals surface area contributed by atoms with Crippen LogP contribution in [0.4, 0.5) is 5.69 Å². The van der Waals surface area contributed by atoms with Gasteiger partial charge in [0.25, 0.3) is 0 Å². The summed E-state index contributed by atoms with van der Waals surface area (Å²) >= 11 is 1.27. The summed E-state index contributed by atoms with van der Waals surface area (Å²) in [5.74, 6) is -0.0929. The van der Waals surface area contributed by atoms with Crippen molar-refractivity contribution in [1.29, 1.82) is 0 Å². The third-order valence-corrected chi connectivity index (χ3v) is 4.32. The van der Waals surface area contributed by atoms with Crippen molar-refractivity contribution >= 4 is 23.4 Å². The molecule has 0 aliphatic heterocycles. The molecule has 2 aromatic carbocycles. The standard InChI is InChI=1S/C16H17NO3S/c1-20-12-8-6-11(7-9-12)10-15(16(18)19)21-14-5-3-2-4-13(14)17/h2-9,15H,10,17H2,1H3,(H,18,19). The molecule has 3 N–H and O–H groups in total. The lowest BCUT2D eigenvalue weighted by Gasteiger charge is -2.13. The van der Waals surface area contributed by atoms with Gasteiger partial charge in [-0.3, -0.25) is 4.79 Å². The summed E-state index contributed by atoms with van der Waals surface area (Å²) in [5.41, 5.74) is 7.42. The van der Waals surface area contributed by atoms with Gasteiger partial charge < -0.3 is 15.6 Å². The SMILES string of the molecule is COc1ccc(CC(Sc2ccccc2N)C(=O)O)cc1. The smallest absolute Gasteiger partial charge is 0.317 e. The van der Waals surface area contributed by atoms with Gasteiger partial charge in [-0.2, -0.15) is 0 Å². The van der Waals surface area contributed by atoms with Crippen molar-refractivity contribution in [2.45, 2.75) is 16.6 Å². The maximum atomic E-state index is 11.5. The van der Waals surface area contributed by atoms with Crippen molar-refractivity contribution in [3.8, 4) is 5.75 Å². The number of benzene rings is 2. The van der Waals surface area contributed by atoms with E-state index in [0.29, 0.717) is 12.1 Å². The molecule has 0 fully saturated rings. The number of nitrogen functional groups attached to an aromatic ring is 1. The van der Waals surface area contributed by atoms with E-state index in [-0.39, 0.29) is 0 Å². The molecular weight excluding hydrogens is 286 g/mol. The zero-order valence-electron chi connectivity index (χ0n) is 11.7. The molecule has 110 valence electrons.